The molecule has 0 N–H and O–H groups in total. The second-order valence-corrected chi connectivity index (χ2v) is 9.56. The van der Waals surface area contributed by atoms with Crippen LogP contribution in [0.1, 0.15) is 32.1 Å². The van der Waals surface area contributed by atoms with Crippen molar-refractivity contribution in [3.8, 4) is 11.5 Å². The molecule has 0 rings (SSSR count). The van der Waals surface area contributed by atoms with Gasteiger partial charge in [-0.1, -0.05) is 32.1 Å². The SMILES string of the molecule is C=CCCCCCC(=O)C#C[Si](C)(C)C. The average Bonchev–Trinajstić information content (AvgIpc) is 2.13. The summed E-state index contributed by atoms with van der Waals surface area (Å²) in [6.45, 7) is 10.1. The lowest BCUT2D eigenvalue weighted by molar-refractivity contribution is -0.113. The fraction of sp³-hybridized carbons (Fsp3) is 0.615. The van der Waals surface area contributed by atoms with Crippen molar-refractivity contribution < 1.29 is 4.79 Å². The van der Waals surface area contributed by atoms with Crippen LogP contribution >= 0.6 is 0 Å². The third kappa shape index (κ3) is 11.1. The van der Waals surface area contributed by atoms with E-state index < -0.39 is 8.07 Å². The molecule has 0 heterocycles. The van der Waals surface area contributed by atoms with Gasteiger partial charge in [0.1, 0.15) is 8.07 Å². The molecule has 0 aliphatic heterocycles. The van der Waals surface area contributed by atoms with Crippen LogP contribution in [0.2, 0.25) is 19.6 Å². The fourth-order valence-corrected chi connectivity index (χ4v) is 1.59. The summed E-state index contributed by atoms with van der Waals surface area (Å²) in [6.07, 6.45) is 6.80. The molecular formula is C13H22OSi. The minimum Gasteiger partial charge on any atom is -0.285 e. The Morgan fingerprint density at radius 2 is 1.93 bits per heavy atom. The van der Waals surface area contributed by atoms with E-state index in [2.05, 4.69) is 37.7 Å². The quantitative estimate of drug-likeness (QED) is 0.290. The van der Waals surface area contributed by atoms with Gasteiger partial charge in [0.15, 0.2) is 0 Å². The van der Waals surface area contributed by atoms with Crippen molar-refractivity contribution in [2.45, 2.75) is 51.7 Å². The van der Waals surface area contributed by atoms with E-state index in [1.54, 1.807) is 0 Å². The van der Waals surface area contributed by atoms with E-state index in [1.165, 1.54) is 0 Å². The third-order valence-corrected chi connectivity index (χ3v) is 2.76. The highest BCUT2D eigenvalue weighted by molar-refractivity contribution is 6.84. The van der Waals surface area contributed by atoms with E-state index in [1.807, 2.05) is 6.08 Å². The Labute approximate surface area is 95.0 Å². The Bertz CT molecular complexity index is 262. The summed E-state index contributed by atoms with van der Waals surface area (Å²) in [4.78, 5) is 11.4. The summed E-state index contributed by atoms with van der Waals surface area (Å²) in [5.74, 6) is 2.87. The van der Waals surface area contributed by atoms with Crippen LogP contribution in [0.25, 0.3) is 0 Å². The van der Waals surface area contributed by atoms with Crippen molar-refractivity contribution in [2.24, 2.45) is 0 Å². The molecule has 2 heteroatoms. The molecule has 15 heavy (non-hydrogen) atoms. The summed E-state index contributed by atoms with van der Waals surface area (Å²) in [6, 6.07) is 0. The maximum absolute atomic E-state index is 11.4. The first kappa shape index (κ1) is 14.2. The molecule has 0 fully saturated rings. The summed E-state index contributed by atoms with van der Waals surface area (Å²) in [5.41, 5.74) is 3.10. The van der Waals surface area contributed by atoms with Gasteiger partial charge in [-0.25, -0.2) is 0 Å². The van der Waals surface area contributed by atoms with Crippen molar-refractivity contribution in [1.29, 1.82) is 0 Å². The summed E-state index contributed by atoms with van der Waals surface area (Å²) >= 11 is 0. The van der Waals surface area contributed by atoms with Gasteiger partial charge in [0.05, 0.1) is 0 Å². The van der Waals surface area contributed by atoms with Crippen LogP contribution in [0.4, 0.5) is 0 Å². The second-order valence-electron chi connectivity index (χ2n) is 4.81. The molecule has 0 atom stereocenters. The standard InChI is InChI=1S/C13H22OSi/c1-5-6-7-8-9-10-13(14)11-12-15(2,3)4/h5H,1,6-10H2,2-4H3. The molecule has 0 amide bonds. The monoisotopic (exact) mass is 222 g/mol. The van der Waals surface area contributed by atoms with E-state index in [0.29, 0.717) is 6.42 Å². The molecule has 0 aromatic heterocycles. The average molecular weight is 222 g/mol. The molecule has 0 bridgehead atoms. The number of carbonyl (C=O) groups excluding carboxylic acids is 1. The number of hydrogen-bond acceptors (Lipinski definition) is 1. The maximum Gasteiger partial charge on any atom is 0.204 e. The lowest BCUT2D eigenvalue weighted by Gasteiger charge is -2.02. The van der Waals surface area contributed by atoms with E-state index in [9.17, 15) is 4.79 Å². The fourth-order valence-electron chi connectivity index (χ4n) is 1.07. The molecule has 0 aromatic rings. The number of unbranched alkanes of at least 4 members (excludes halogenated alkanes) is 3. The van der Waals surface area contributed by atoms with Gasteiger partial charge in [0.25, 0.3) is 0 Å². The van der Waals surface area contributed by atoms with Gasteiger partial charge in [0, 0.05) is 6.42 Å². The number of Topliss-reactive ketones (excluding diaryl/α,β-unsaturated/α-hetero) is 1. The molecule has 0 unspecified atom stereocenters. The van der Waals surface area contributed by atoms with Crippen LogP contribution in [-0.2, 0) is 4.79 Å². The van der Waals surface area contributed by atoms with Crippen LogP contribution in [0.5, 0.6) is 0 Å². The van der Waals surface area contributed by atoms with Gasteiger partial charge in [-0.3, -0.25) is 4.79 Å². The highest BCUT2D eigenvalue weighted by Crippen LogP contribution is 2.04. The minimum atomic E-state index is -1.38. The molecule has 0 aliphatic carbocycles. The number of ketones is 1. The number of carbonyl (C=O) groups is 1. The molecule has 0 aliphatic rings. The predicted molar refractivity (Wildman–Crippen MR) is 69.4 cm³/mol. The number of hydrogen-bond donors (Lipinski definition) is 0. The highest BCUT2D eigenvalue weighted by Gasteiger charge is 2.08. The predicted octanol–water partition coefficient (Wildman–Crippen LogP) is 3.57. The number of allylic oxidation sites excluding steroid dienone is 1. The molecule has 1 nitrogen and oxygen atoms in total. The molecule has 0 saturated heterocycles. The lowest BCUT2D eigenvalue weighted by atomic mass is 10.1. The minimum absolute atomic E-state index is 0.107. The maximum atomic E-state index is 11.4. The smallest absolute Gasteiger partial charge is 0.204 e. The van der Waals surface area contributed by atoms with Crippen molar-refractivity contribution in [1.82, 2.24) is 0 Å². The first-order valence-corrected chi connectivity index (χ1v) is 9.12. The van der Waals surface area contributed by atoms with Crippen LogP contribution < -0.4 is 0 Å². The normalized spacial score (nSPS) is 10.3. The largest absolute Gasteiger partial charge is 0.285 e. The van der Waals surface area contributed by atoms with E-state index in [4.69, 9.17) is 0 Å². The van der Waals surface area contributed by atoms with Gasteiger partial charge in [-0.05, 0) is 25.2 Å². The van der Waals surface area contributed by atoms with Crippen LogP contribution in [0.3, 0.4) is 0 Å². The van der Waals surface area contributed by atoms with E-state index >= 15 is 0 Å². The van der Waals surface area contributed by atoms with Gasteiger partial charge >= 0.3 is 0 Å². The molecular weight excluding hydrogens is 200 g/mol. The molecule has 0 radical (unpaired) electrons. The third-order valence-electron chi connectivity index (χ3n) is 1.89. The van der Waals surface area contributed by atoms with Crippen molar-refractivity contribution in [2.75, 3.05) is 0 Å². The van der Waals surface area contributed by atoms with Crippen LogP contribution in [0, 0.1) is 11.5 Å². The summed E-state index contributed by atoms with van der Waals surface area (Å²) in [5, 5.41) is 0. The lowest BCUT2D eigenvalue weighted by Crippen LogP contribution is -2.17. The Morgan fingerprint density at radius 1 is 1.27 bits per heavy atom. The Kier molecular flexibility index (Phi) is 7.07. The van der Waals surface area contributed by atoms with Gasteiger partial charge < -0.3 is 0 Å². The Balaban J connectivity index is 3.65. The van der Waals surface area contributed by atoms with Gasteiger partial charge in [-0.15, -0.1) is 12.1 Å². The van der Waals surface area contributed by atoms with Crippen molar-refractivity contribution in [3.63, 3.8) is 0 Å². The molecule has 0 spiro atoms. The molecule has 0 aromatic carbocycles. The second kappa shape index (κ2) is 7.47. The zero-order valence-corrected chi connectivity index (χ0v) is 11.2. The van der Waals surface area contributed by atoms with Crippen molar-refractivity contribution >= 4 is 13.9 Å². The summed E-state index contributed by atoms with van der Waals surface area (Å²) in [7, 11) is -1.38. The first-order chi connectivity index (χ1) is 6.95. The van der Waals surface area contributed by atoms with Crippen LogP contribution in [-0.4, -0.2) is 13.9 Å². The Hall–Kier alpha value is -0.813. The molecule has 84 valence electrons. The zero-order valence-electron chi connectivity index (χ0n) is 10.2. The van der Waals surface area contributed by atoms with Gasteiger partial charge in [-0.2, -0.15) is 0 Å². The number of rotatable bonds is 6. The van der Waals surface area contributed by atoms with E-state index in [-0.39, 0.29) is 5.78 Å². The zero-order chi connectivity index (χ0) is 11.7. The topological polar surface area (TPSA) is 17.1 Å². The molecule has 0 saturated carbocycles. The van der Waals surface area contributed by atoms with Gasteiger partial charge in [0.2, 0.25) is 5.78 Å². The summed E-state index contributed by atoms with van der Waals surface area (Å²) < 4.78 is 0. The Morgan fingerprint density at radius 3 is 2.47 bits per heavy atom. The highest BCUT2D eigenvalue weighted by atomic mass is 28.3. The first-order valence-electron chi connectivity index (χ1n) is 5.62. The van der Waals surface area contributed by atoms with E-state index in [0.717, 1.165) is 25.7 Å². The van der Waals surface area contributed by atoms with Crippen molar-refractivity contribution in [3.05, 3.63) is 12.7 Å². The van der Waals surface area contributed by atoms with Crippen LogP contribution in [0.15, 0.2) is 12.7 Å².